The number of hydrogen-bond acceptors (Lipinski definition) is 4. The first kappa shape index (κ1) is 14.3. The molecule has 0 atom stereocenters. The molecule has 20 heavy (non-hydrogen) atoms. The lowest BCUT2D eigenvalue weighted by atomic mass is 10.3. The molecule has 1 heterocycles. The van der Waals surface area contributed by atoms with Crippen LogP contribution < -0.4 is 10.5 Å². The third kappa shape index (κ3) is 2.60. The topological polar surface area (TPSA) is 101 Å². The summed E-state index contributed by atoms with van der Waals surface area (Å²) in [6, 6.07) is 0.823. The van der Waals surface area contributed by atoms with Gasteiger partial charge in [-0.2, -0.15) is 13.5 Å². The van der Waals surface area contributed by atoms with Gasteiger partial charge in [-0.1, -0.05) is 0 Å². The van der Waals surface area contributed by atoms with Gasteiger partial charge < -0.3 is 5.73 Å². The van der Waals surface area contributed by atoms with Crippen molar-refractivity contribution in [2.75, 3.05) is 4.72 Å². The molecule has 0 aliphatic heterocycles. The van der Waals surface area contributed by atoms with Crippen LogP contribution in [0.5, 0.6) is 0 Å². The lowest BCUT2D eigenvalue weighted by Crippen LogP contribution is -2.17. The Labute approximate surface area is 111 Å². The Morgan fingerprint density at radius 2 is 2.00 bits per heavy atom. The molecule has 6 nitrogen and oxygen atoms in total. The molecule has 2 aromatic rings. The Bertz CT molecular complexity index is 745. The molecule has 0 fully saturated rings. The van der Waals surface area contributed by atoms with Crippen molar-refractivity contribution >= 4 is 15.7 Å². The molecule has 0 amide bonds. The number of aromatic amines is 1. The van der Waals surface area contributed by atoms with Crippen LogP contribution in [0, 0.1) is 17.5 Å². The standard InChI is InChI=1S/C10H9F3N4O2S/c11-6-1-7(12)9(13)8(2-6)17-20(18,19)10-5(3-14)4-15-16-10/h1-2,4,17H,3,14H2,(H,15,16). The fraction of sp³-hybridized carbons (Fsp3) is 0.100. The summed E-state index contributed by atoms with van der Waals surface area (Å²) in [5, 5.41) is 5.27. The summed E-state index contributed by atoms with van der Waals surface area (Å²) in [6.07, 6.45) is 1.18. The van der Waals surface area contributed by atoms with Gasteiger partial charge in [0.1, 0.15) is 5.82 Å². The molecule has 0 unspecified atom stereocenters. The predicted molar refractivity (Wildman–Crippen MR) is 63.6 cm³/mol. The maximum Gasteiger partial charge on any atom is 0.279 e. The first-order valence-electron chi connectivity index (χ1n) is 5.25. The molecule has 108 valence electrons. The molecule has 0 bridgehead atoms. The van der Waals surface area contributed by atoms with Crippen LogP contribution in [0.15, 0.2) is 23.4 Å². The van der Waals surface area contributed by atoms with E-state index < -0.39 is 38.2 Å². The van der Waals surface area contributed by atoms with Crippen LogP contribution in [0.4, 0.5) is 18.9 Å². The normalized spacial score (nSPS) is 11.6. The van der Waals surface area contributed by atoms with Crippen LogP contribution in [-0.2, 0) is 16.6 Å². The van der Waals surface area contributed by atoms with Crippen molar-refractivity contribution in [3.63, 3.8) is 0 Å². The minimum Gasteiger partial charge on any atom is -0.326 e. The number of nitrogens with one attached hydrogen (secondary N) is 2. The second-order valence-electron chi connectivity index (χ2n) is 3.78. The summed E-state index contributed by atoms with van der Waals surface area (Å²) in [5.41, 5.74) is 4.62. The zero-order valence-corrected chi connectivity index (χ0v) is 10.6. The van der Waals surface area contributed by atoms with Crippen molar-refractivity contribution in [2.45, 2.75) is 11.6 Å². The molecule has 0 radical (unpaired) electrons. The largest absolute Gasteiger partial charge is 0.326 e. The zero-order chi connectivity index (χ0) is 14.9. The summed E-state index contributed by atoms with van der Waals surface area (Å²) >= 11 is 0. The van der Waals surface area contributed by atoms with Crippen molar-refractivity contribution in [1.29, 1.82) is 0 Å². The van der Waals surface area contributed by atoms with Gasteiger partial charge in [-0.3, -0.25) is 9.82 Å². The van der Waals surface area contributed by atoms with E-state index in [1.807, 2.05) is 0 Å². The molecule has 4 N–H and O–H groups in total. The van der Waals surface area contributed by atoms with Crippen LogP contribution in [-0.4, -0.2) is 18.6 Å². The Balaban J connectivity index is 2.44. The maximum atomic E-state index is 13.4. The van der Waals surface area contributed by atoms with Gasteiger partial charge in [0.15, 0.2) is 16.7 Å². The van der Waals surface area contributed by atoms with Gasteiger partial charge in [-0.05, 0) is 0 Å². The number of nitrogens with zero attached hydrogens (tertiary/aromatic N) is 1. The smallest absolute Gasteiger partial charge is 0.279 e. The van der Waals surface area contributed by atoms with Crippen molar-refractivity contribution in [3.05, 3.63) is 41.3 Å². The number of hydrogen-bond donors (Lipinski definition) is 3. The quantitative estimate of drug-likeness (QED) is 0.736. The monoisotopic (exact) mass is 306 g/mol. The Hall–Kier alpha value is -2.07. The molecule has 10 heteroatoms. The summed E-state index contributed by atoms with van der Waals surface area (Å²) in [6.45, 7) is -0.132. The van der Waals surface area contributed by atoms with Crippen LogP contribution in [0.2, 0.25) is 0 Å². The van der Waals surface area contributed by atoms with Gasteiger partial charge in [0.2, 0.25) is 0 Å². The molecule has 0 saturated carbocycles. The lowest BCUT2D eigenvalue weighted by molar-refractivity contribution is 0.498. The number of sulfonamides is 1. The predicted octanol–water partition coefficient (Wildman–Crippen LogP) is 1.09. The number of aromatic nitrogens is 2. The summed E-state index contributed by atoms with van der Waals surface area (Å²) < 4.78 is 65.1. The fourth-order valence-corrected chi connectivity index (χ4v) is 2.70. The van der Waals surface area contributed by atoms with Gasteiger partial charge in [-0.15, -0.1) is 0 Å². The van der Waals surface area contributed by atoms with E-state index in [-0.39, 0.29) is 12.1 Å². The first-order chi connectivity index (χ1) is 9.35. The molecular weight excluding hydrogens is 297 g/mol. The molecular formula is C10H9F3N4O2S. The highest BCUT2D eigenvalue weighted by Crippen LogP contribution is 2.23. The van der Waals surface area contributed by atoms with E-state index in [1.54, 1.807) is 4.72 Å². The van der Waals surface area contributed by atoms with Gasteiger partial charge in [-0.25, -0.2) is 13.2 Å². The number of nitrogens with two attached hydrogens (primary N) is 1. The van der Waals surface area contributed by atoms with E-state index in [0.717, 1.165) is 0 Å². The zero-order valence-electron chi connectivity index (χ0n) is 9.82. The minimum atomic E-state index is -4.29. The second-order valence-corrected chi connectivity index (χ2v) is 5.40. The molecule has 0 spiro atoms. The Morgan fingerprint density at radius 3 is 2.65 bits per heavy atom. The van der Waals surface area contributed by atoms with Crippen molar-refractivity contribution in [1.82, 2.24) is 10.2 Å². The second kappa shape index (κ2) is 5.13. The van der Waals surface area contributed by atoms with E-state index in [0.29, 0.717) is 12.1 Å². The Morgan fingerprint density at radius 1 is 1.30 bits per heavy atom. The highest BCUT2D eigenvalue weighted by atomic mass is 32.2. The van der Waals surface area contributed by atoms with Gasteiger partial charge >= 0.3 is 0 Å². The first-order valence-corrected chi connectivity index (χ1v) is 6.73. The SMILES string of the molecule is NCc1cn[nH]c1S(=O)(=O)Nc1cc(F)cc(F)c1F. The molecule has 1 aromatic carbocycles. The molecule has 0 aliphatic rings. The van der Waals surface area contributed by atoms with E-state index in [1.165, 1.54) is 6.20 Å². The number of H-pyrrole nitrogens is 1. The third-order valence-corrected chi connectivity index (χ3v) is 3.78. The van der Waals surface area contributed by atoms with Crippen LogP contribution in [0.1, 0.15) is 5.56 Å². The average molecular weight is 306 g/mol. The number of halogens is 3. The highest BCUT2D eigenvalue weighted by Gasteiger charge is 2.23. The van der Waals surface area contributed by atoms with E-state index >= 15 is 0 Å². The summed E-state index contributed by atoms with van der Waals surface area (Å²) in [7, 11) is -4.29. The third-order valence-electron chi connectivity index (χ3n) is 2.40. The average Bonchev–Trinajstić information content (AvgIpc) is 2.84. The number of benzene rings is 1. The lowest BCUT2D eigenvalue weighted by Gasteiger charge is -2.09. The van der Waals surface area contributed by atoms with Crippen molar-refractivity contribution in [3.8, 4) is 0 Å². The van der Waals surface area contributed by atoms with Crippen LogP contribution in [0.3, 0.4) is 0 Å². The maximum absolute atomic E-state index is 13.4. The Kier molecular flexibility index (Phi) is 3.68. The van der Waals surface area contributed by atoms with Crippen LogP contribution in [0.25, 0.3) is 0 Å². The molecule has 0 aliphatic carbocycles. The van der Waals surface area contributed by atoms with Gasteiger partial charge in [0.25, 0.3) is 10.0 Å². The molecule has 1 aromatic heterocycles. The fourth-order valence-electron chi connectivity index (χ4n) is 1.50. The summed E-state index contributed by atoms with van der Waals surface area (Å²) in [5.74, 6) is -4.14. The summed E-state index contributed by atoms with van der Waals surface area (Å²) in [4.78, 5) is 0. The molecule has 0 saturated heterocycles. The minimum absolute atomic E-state index is 0.132. The van der Waals surface area contributed by atoms with Gasteiger partial charge in [0.05, 0.1) is 11.9 Å². The van der Waals surface area contributed by atoms with Crippen LogP contribution >= 0.6 is 0 Å². The molecule has 2 rings (SSSR count). The van der Waals surface area contributed by atoms with Gasteiger partial charge in [0, 0.05) is 24.2 Å². The van der Waals surface area contributed by atoms with Crippen molar-refractivity contribution < 1.29 is 21.6 Å². The van der Waals surface area contributed by atoms with Crippen molar-refractivity contribution in [2.24, 2.45) is 5.73 Å². The van der Waals surface area contributed by atoms with E-state index in [2.05, 4.69) is 10.2 Å². The van der Waals surface area contributed by atoms with E-state index in [9.17, 15) is 21.6 Å². The number of anilines is 1. The number of rotatable bonds is 4. The highest BCUT2D eigenvalue weighted by molar-refractivity contribution is 7.92. The van der Waals surface area contributed by atoms with E-state index in [4.69, 9.17) is 5.73 Å².